The first kappa shape index (κ1) is 13.8. The third-order valence-corrected chi connectivity index (χ3v) is 3.89. The summed E-state index contributed by atoms with van der Waals surface area (Å²) in [5.41, 5.74) is 0. The molecule has 94 valence electrons. The van der Waals surface area contributed by atoms with Crippen molar-refractivity contribution < 1.29 is 9.90 Å². The lowest BCUT2D eigenvalue weighted by molar-refractivity contribution is -0.143. The standard InChI is InChI=1S/C12H23NO2S/c1-16-10-6-7-11(12(14)15)13-8-4-2-3-5-9-13/h11H,2-10H2,1H3,(H,14,15). The second kappa shape index (κ2) is 7.96. The van der Waals surface area contributed by atoms with E-state index in [9.17, 15) is 9.90 Å². The molecule has 1 unspecified atom stereocenters. The lowest BCUT2D eigenvalue weighted by Gasteiger charge is -2.27. The highest BCUT2D eigenvalue weighted by Gasteiger charge is 2.25. The van der Waals surface area contributed by atoms with Crippen LogP contribution in [-0.4, -0.2) is 47.1 Å². The Morgan fingerprint density at radius 1 is 1.31 bits per heavy atom. The molecule has 0 spiro atoms. The van der Waals surface area contributed by atoms with Gasteiger partial charge >= 0.3 is 5.97 Å². The third-order valence-electron chi connectivity index (χ3n) is 3.19. The van der Waals surface area contributed by atoms with Gasteiger partial charge in [0.05, 0.1) is 0 Å². The predicted molar refractivity (Wildman–Crippen MR) is 69.1 cm³/mol. The van der Waals surface area contributed by atoms with E-state index in [1.807, 2.05) is 0 Å². The number of aliphatic carboxylic acids is 1. The first-order valence-corrected chi connectivity index (χ1v) is 7.61. The van der Waals surface area contributed by atoms with Crippen LogP contribution in [0.3, 0.4) is 0 Å². The predicted octanol–water partition coefficient (Wildman–Crippen LogP) is 2.46. The molecule has 0 aromatic heterocycles. The second-order valence-electron chi connectivity index (χ2n) is 4.44. The van der Waals surface area contributed by atoms with E-state index in [1.165, 1.54) is 12.8 Å². The van der Waals surface area contributed by atoms with Gasteiger partial charge in [0.15, 0.2) is 0 Å². The summed E-state index contributed by atoms with van der Waals surface area (Å²) in [5.74, 6) is 0.431. The number of rotatable bonds is 6. The van der Waals surface area contributed by atoms with Crippen LogP contribution in [0.15, 0.2) is 0 Å². The second-order valence-corrected chi connectivity index (χ2v) is 5.42. The van der Waals surface area contributed by atoms with Crippen molar-refractivity contribution in [3.8, 4) is 0 Å². The molecule has 0 radical (unpaired) electrons. The molecule has 1 aliphatic heterocycles. The van der Waals surface area contributed by atoms with Crippen LogP contribution in [0, 0.1) is 0 Å². The van der Waals surface area contributed by atoms with Crippen molar-refractivity contribution in [2.24, 2.45) is 0 Å². The lowest BCUT2D eigenvalue weighted by Crippen LogP contribution is -2.41. The zero-order valence-corrected chi connectivity index (χ0v) is 11.0. The summed E-state index contributed by atoms with van der Waals surface area (Å²) in [5, 5.41) is 9.27. The SMILES string of the molecule is CSCCCC(C(=O)O)N1CCCCCC1. The van der Waals surface area contributed by atoms with E-state index in [-0.39, 0.29) is 6.04 Å². The van der Waals surface area contributed by atoms with Crippen molar-refractivity contribution in [1.82, 2.24) is 4.90 Å². The van der Waals surface area contributed by atoms with Gasteiger partial charge in [-0.2, -0.15) is 11.8 Å². The molecule has 1 saturated heterocycles. The van der Waals surface area contributed by atoms with Gasteiger partial charge in [-0.15, -0.1) is 0 Å². The van der Waals surface area contributed by atoms with E-state index >= 15 is 0 Å². The zero-order chi connectivity index (χ0) is 11.8. The van der Waals surface area contributed by atoms with Gasteiger partial charge in [0.25, 0.3) is 0 Å². The van der Waals surface area contributed by atoms with Crippen molar-refractivity contribution >= 4 is 17.7 Å². The smallest absolute Gasteiger partial charge is 0.320 e. The van der Waals surface area contributed by atoms with Crippen LogP contribution >= 0.6 is 11.8 Å². The highest BCUT2D eigenvalue weighted by atomic mass is 32.2. The minimum absolute atomic E-state index is 0.245. The summed E-state index contributed by atoms with van der Waals surface area (Å²) in [4.78, 5) is 13.4. The number of carbonyl (C=O) groups is 1. The summed E-state index contributed by atoms with van der Waals surface area (Å²) in [6.07, 6.45) is 8.71. The molecule has 0 aliphatic carbocycles. The number of carboxylic acid groups (broad SMARTS) is 1. The Morgan fingerprint density at radius 3 is 2.44 bits per heavy atom. The lowest BCUT2D eigenvalue weighted by atomic mass is 10.1. The van der Waals surface area contributed by atoms with Crippen LogP contribution < -0.4 is 0 Å². The van der Waals surface area contributed by atoms with Gasteiger partial charge in [0, 0.05) is 0 Å². The fourth-order valence-corrected chi connectivity index (χ4v) is 2.75. The van der Waals surface area contributed by atoms with E-state index in [4.69, 9.17) is 0 Å². The number of hydrogen-bond acceptors (Lipinski definition) is 3. The van der Waals surface area contributed by atoms with Gasteiger partial charge in [0.2, 0.25) is 0 Å². The molecule has 0 aromatic rings. The number of thioether (sulfide) groups is 1. The molecule has 16 heavy (non-hydrogen) atoms. The fraction of sp³-hybridized carbons (Fsp3) is 0.917. The van der Waals surface area contributed by atoms with Gasteiger partial charge in [-0.25, -0.2) is 0 Å². The number of hydrogen-bond donors (Lipinski definition) is 1. The van der Waals surface area contributed by atoms with Crippen molar-refractivity contribution in [3.05, 3.63) is 0 Å². The van der Waals surface area contributed by atoms with Crippen molar-refractivity contribution in [3.63, 3.8) is 0 Å². The van der Waals surface area contributed by atoms with Gasteiger partial charge in [-0.05, 0) is 50.8 Å². The van der Waals surface area contributed by atoms with Crippen LogP contribution in [0.5, 0.6) is 0 Å². The first-order chi connectivity index (χ1) is 7.75. The van der Waals surface area contributed by atoms with Gasteiger partial charge in [-0.1, -0.05) is 12.8 Å². The van der Waals surface area contributed by atoms with Crippen LogP contribution in [0.1, 0.15) is 38.5 Å². The zero-order valence-electron chi connectivity index (χ0n) is 10.2. The van der Waals surface area contributed by atoms with Gasteiger partial charge < -0.3 is 5.11 Å². The largest absolute Gasteiger partial charge is 0.480 e. The molecule has 1 N–H and O–H groups in total. The number of nitrogens with zero attached hydrogens (tertiary/aromatic N) is 1. The van der Waals surface area contributed by atoms with E-state index in [1.54, 1.807) is 11.8 Å². The molecule has 1 heterocycles. The van der Waals surface area contributed by atoms with Crippen LogP contribution in [0.2, 0.25) is 0 Å². The van der Waals surface area contributed by atoms with Crippen LogP contribution in [0.4, 0.5) is 0 Å². The Hall–Kier alpha value is -0.220. The average molecular weight is 245 g/mol. The normalized spacial score (nSPS) is 20.3. The molecule has 0 aromatic carbocycles. The van der Waals surface area contributed by atoms with Crippen LogP contribution in [-0.2, 0) is 4.79 Å². The summed E-state index contributed by atoms with van der Waals surface area (Å²) >= 11 is 1.79. The maximum absolute atomic E-state index is 11.3. The van der Waals surface area contributed by atoms with Gasteiger partial charge in [0.1, 0.15) is 6.04 Å². The Labute approximate surface area is 103 Å². The molecule has 1 rings (SSSR count). The molecular weight excluding hydrogens is 222 g/mol. The summed E-state index contributed by atoms with van der Waals surface area (Å²) in [6.45, 7) is 1.94. The molecule has 1 fully saturated rings. The summed E-state index contributed by atoms with van der Waals surface area (Å²) < 4.78 is 0. The Kier molecular flexibility index (Phi) is 6.88. The van der Waals surface area contributed by atoms with E-state index in [0.29, 0.717) is 0 Å². The van der Waals surface area contributed by atoms with Crippen molar-refractivity contribution in [2.45, 2.75) is 44.6 Å². The minimum Gasteiger partial charge on any atom is -0.480 e. The molecule has 4 heteroatoms. The van der Waals surface area contributed by atoms with E-state index in [0.717, 1.165) is 44.5 Å². The Bertz CT molecular complexity index is 203. The van der Waals surface area contributed by atoms with Crippen molar-refractivity contribution in [1.29, 1.82) is 0 Å². The molecule has 3 nitrogen and oxygen atoms in total. The summed E-state index contributed by atoms with van der Waals surface area (Å²) in [6, 6.07) is -0.245. The molecular formula is C12H23NO2S. The average Bonchev–Trinajstić information content (AvgIpc) is 2.52. The van der Waals surface area contributed by atoms with E-state index < -0.39 is 5.97 Å². The monoisotopic (exact) mass is 245 g/mol. The highest BCUT2D eigenvalue weighted by Crippen LogP contribution is 2.16. The molecule has 0 saturated carbocycles. The quantitative estimate of drug-likeness (QED) is 0.730. The number of carboxylic acids is 1. The molecule has 0 bridgehead atoms. The molecule has 0 amide bonds. The first-order valence-electron chi connectivity index (χ1n) is 6.21. The fourth-order valence-electron chi connectivity index (χ4n) is 2.29. The maximum Gasteiger partial charge on any atom is 0.320 e. The topological polar surface area (TPSA) is 40.5 Å². The maximum atomic E-state index is 11.3. The minimum atomic E-state index is -0.636. The summed E-state index contributed by atoms with van der Waals surface area (Å²) in [7, 11) is 0. The van der Waals surface area contributed by atoms with Gasteiger partial charge in [-0.3, -0.25) is 9.69 Å². The van der Waals surface area contributed by atoms with E-state index in [2.05, 4.69) is 11.2 Å². The third kappa shape index (κ3) is 4.74. The molecule has 1 aliphatic rings. The molecule has 1 atom stereocenters. The van der Waals surface area contributed by atoms with Crippen LogP contribution in [0.25, 0.3) is 0 Å². The Morgan fingerprint density at radius 2 is 1.94 bits per heavy atom. The highest BCUT2D eigenvalue weighted by molar-refractivity contribution is 7.98. The number of likely N-dealkylation sites (tertiary alicyclic amines) is 1. The Balaban J connectivity index is 2.43. The van der Waals surface area contributed by atoms with Crippen molar-refractivity contribution in [2.75, 3.05) is 25.1 Å².